The third-order valence-electron chi connectivity index (χ3n) is 2.14. The number of nitrogens with two attached hydrogens (primary N) is 1. The lowest BCUT2D eigenvalue weighted by molar-refractivity contribution is 0.203. The van der Waals surface area contributed by atoms with E-state index in [2.05, 4.69) is 0 Å². The van der Waals surface area contributed by atoms with Crippen LogP contribution in [0.5, 0.6) is 11.5 Å². The van der Waals surface area contributed by atoms with Crippen LogP contribution in [0.2, 0.25) is 0 Å². The lowest BCUT2D eigenvalue weighted by atomic mass is 9.91. The highest BCUT2D eigenvalue weighted by Crippen LogP contribution is 2.35. The summed E-state index contributed by atoms with van der Waals surface area (Å²) in [7, 11) is 0. The quantitative estimate of drug-likeness (QED) is 0.558. The Labute approximate surface area is 82.6 Å². The lowest BCUT2D eigenvalue weighted by Gasteiger charge is -2.24. The van der Waals surface area contributed by atoms with E-state index in [1.807, 2.05) is 0 Å². The highest BCUT2D eigenvalue weighted by molar-refractivity contribution is 5.50. The van der Waals surface area contributed by atoms with Crippen molar-refractivity contribution in [3.05, 3.63) is 23.3 Å². The first kappa shape index (κ1) is 10.8. The molecule has 4 nitrogen and oxygen atoms in total. The Hall–Kier alpha value is -1.26. The molecule has 1 rings (SSSR count). The molecule has 0 fully saturated rings. The first-order valence-corrected chi connectivity index (χ1v) is 4.31. The molecule has 14 heavy (non-hydrogen) atoms. The van der Waals surface area contributed by atoms with Crippen LogP contribution in [0.25, 0.3) is 0 Å². The SMILES string of the molecule is Cc1cc(O)c(C(C)(N)CO)c(O)c1. The van der Waals surface area contributed by atoms with Crippen LogP contribution in [-0.4, -0.2) is 21.9 Å². The van der Waals surface area contributed by atoms with E-state index in [9.17, 15) is 10.2 Å². The zero-order chi connectivity index (χ0) is 10.9. The smallest absolute Gasteiger partial charge is 0.124 e. The molecular formula is C10H15NO3. The van der Waals surface area contributed by atoms with Gasteiger partial charge >= 0.3 is 0 Å². The second-order valence-corrected chi connectivity index (χ2v) is 3.75. The molecule has 0 saturated carbocycles. The van der Waals surface area contributed by atoms with E-state index in [1.165, 1.54) is 19.1 Å². The number of hydrogen-bond acceptors (Lipinski definition) is 4. The van der Waals surface area contributed by atoms with Crippen molar-refractivity contribution < 1.29 is 15.3 Å². The van der Waals surface area contributed by atoms with Crippen LogP contribution in [0.15, 0.2) is 12.1 Å². The van der Waals surface area contributed by atoms with E-state index < -0.39 is 5.54 Å². The molecule has 0 amide bonds. The summed E-state index contributed by atoms with van der Waals surface area (Å²) in [6.07, 6.45) is 0. The summed E-state index contributed by atoms with van der Waals surface area (Å²) in [6.45, 7) is 2.93. The molecule has 1 aromatic carbocycles. The maximum atomic E-state index is 9.59. The van der Waals surface area contributed by atoms with Crippen molar-refractivity contribution in [2.75, 3.05) is 6.61 Å². The van der Waals surface area contributed by atoms with Crippen molar-refractivity contribution in [3.8, 4) is 11.5 Å². The number of benzene rings is 1. The number of aromatic hydroxyl groups is 2. The molecule has 0 radical (unpaired) electrons. The minimum atomic E-state index is -1.14. The molecule has 0 aliphatic rings. The fourth-order valence-electron chi connectivity index (χ4n) is 1.41. The average Bonchev–Trinajstić information content (AvgIpc) is 2.01. The van der Waals surface area contributed by atoms with Crippen LogP contribution in [0, 0.1) is 6.92 Å². The van der Waals surface area contributed by atoms with Gasteiger partial charge in [-0.2, -0.15) is 0 Å². The predicted molar refractivity (Wildman–Crippen MR) is 53.1 cm³/mol. The molecule has 0 heterocycles. The van der Waals surface area contributed by atoms with Crippen LogP contribution >= 0.6 is 0 Å². The summed E-state index contributed by atoms with van der Waals surface area (Å²) in [6, 6.07) is 2.99. The van der Waals surface area contributed by atoms with Gasteiger partial charge in [0.2, 0.25) is 0 Å². The Bertz CT molecular complexity index is 324. The molecule has 0 bridgehead atoms. The zero-order valence-corrected chi connectivity index (χ0v) is 8.28. The first-order valence-electron chi connectivity index (χ1n) is 4.31. The number of aryl methyl sites for hydroxylation is 1. The van der Waals surface area contributed by atoms with Crippen molar-refractivity contribution in [1.82, 2.24) is 0 Å². The van der Waals surface area contributed by atoms with Gasteiger partial charge in [0.15, 0.2) is 0 Å². The molecule has 78 valence electrons. The summed E-state index contributed by atoms with van der Waals surface area (Å²) >= 11 is 0. The largest absolute Gasteiger partial charge is 0.507 e. The maximum Gasteiger partial charge on any atom is 0.124 e. The van der Waals surface area contributed by atoms with Crippen molar-refractivity contribution >= 4 is 0 Å². The molecule has 4 heteroatoms. The number of phenolic OH excluding ortho intramolecular Hbond substituents is 2. The third kappa shape index (κ3) is 1.81. The Morgan fingerprint density at radius 1 is 1.29 bits per heavy atom. The van der Waals surface area contributed by atoms with Crippen LogP contribution < -0.4 is 5.73 Å². The Morgan fingerprint density at radius 2 is 1.71 bits per heavy atom. The van der Waals surface area contributed by atoms with Gasteiger partial charge in [0, 0.05) is 0 Å². The standard InChI is InChI=1S/C10H15NO3/c1-6-3-7(13)9(8(14)4-6)10(2,11)5-12/h3-4,12-14H,5,11H2,1-2H3. The fourth-order valence-corrected chi connectivity index (χ4v) is 1.41. The van der Waals surface area contributed by atoms with E-state index in [-0.39, 0.29) is 23.7 Å². The van der Waals surface area contributed by atoms with E-state index >= 15 is 0 Å². The molecule has 1 atom stereocenters. The normalized spacial score (nSPS) is 15.1. The number of hydrogen-bond donors (Lipinski definition) is 4. The summed E-state index contributed by atoms with van der Waals surface area (Å²) in [4.78, 5) is 0. The van der Waals surface area contributed by atoms with Crippen LogP contribution in [0.4, 0.5) is 0 Å². The summed E-state index contributed by atoms with van der Waals surface area (Å²) < 4.78 is 0. The van der Waals surface area contributed by atoms with Gasteiger partial charge in [-0.25, -0.2) is 0 Å². The molecule has 0 aliphatic carbocycles. The summed E-state index contributed by atoms with van der Waals surface area (Å²) in [5.74, 6) is -0.192. The average molecular weight is 197 g/mol. The summed E-state index contributed by atoms with van der Waals surface area (Å²) in [5.41, 5.74) is 5.49. The van der Waals surface area contributed by atoms with Crippen molar-refractivity contribution in [2.24, 2.45) is 5.73 Å². The van der Waals surface area contributed by atoms with Gasteiger partial charge in [-0.3, -0.25) is 0 Å². The molecule has 1 unspecified atom stereocenters. The molecule has 0 saturated heterocycles. The van der Waals surface area contributed by atoms with Gasteiger partial charge in [-0.15, -0.1) is 0 Å². The molecular weight excluding hydrogens is 182 g/mol. The number of phenols is 2. The van der Waals surface area contributed by atoms with Crippen molar-refractivity contribution in [3.63, 3.8) is 0 Å². The Morgan fingerprint density at radius 3 is 2.07 bits per heavy atom. The molecule has 0 spiro atoms. The van der Waals surface area contributed by atoms with Gasteiger partial charge in [-0.1, -0.05) is 0 Å². The summed E-state index contributed by atoms with van der Waals surface area (Å²) in [5, 5.41) is 28.2. The maximum absolute atomic E-state index is 9.59. The lowest BCUT2D eigenvalue weighted by Crippen LogP contribution is -2.37. The van der Waals surface area contributed by atoms with E-state index in [4.69, 9.17) is 10.8 Å². The van der Waals surface area contributed by atoms with Gasteiger partial charge in [0.05, 0.1) is 17.7 Å². The predicted octanol–water partition coefficient (Wildman–Crippen LogP) is 0.572. The Balaban J connectivity index is 3.35. The van der Waals surface area contributed by atoms with E-state index in [1.54, 1.807) is 6.92 Å². The van der Waals surface area contributed by atoms with Gasteiger partial charge in [0.25, 0.3) is 0 Å². The number of aliphatic hydroxyl groups excluding tert-OH is 1. The minimum absolute atomic E-state index is 0.0958. The number of aliphatic hydroxyl groups is 1. The molecule has 0 aromatic heterocycles. The molecule has 1 aromatic rings. The first-order chi connectivity index (χ1) is 6.38. The minimum Gasteiger partial charge on any atom is -0.507 e. The van der Waals surface area contributed by atoms with Gasteiger partial charge in [0.1, 0.15) is 11.5 Å². The monoisotopic (exact) mass is 197 g/mol. The van der Waals surface area contributed by atoms with Crippen LogP contribution in [0.1, 0.15) is 18.1 Å². The topological polar surface area (TPSA) is 86.7 Å². The van der Waals surface area contributed by atoms with E-state index in [0.29, 0.717) is 0 Å². The Kier molecular flexibility index (Phi) is 2.69. The van der Waals surface area contributed by atoms with Crippen molar-refractivity contribution in [1.29, 1.82) is 0 Å². The van der Waals surface area contributed by atoms with Crippen LogP contribution in [-0.2, 0) is 5.54 Å². The molecule has 0 aliphatic heterocycles. The fraction of sp³-hybridized carbons (Fsp3) is 0.400. The van der Waals surface area contributed by atoms with Gasteiger partial charge in [-0.05, 0) is 31.5 Å². The second kappa shape index (κ2) is 3.48. The van der Waals surface area contributed by atoms with E-state index in [0.717, 1.165) is 5.56 Å². The van der Waals surface area contributed by atoms with Gasteiger partial charge < -0.3 is 21.1 Å². The van der Waals surface area contributed by atoms with Crippen molar-refractivity contribution in [2.45, 2.75) is 19.4 Å². The van der Waals surface area contributed by atoms with Crippen LogP contribution in [0.3, 0.4) is 0 Å². The number of rotatable bonds is 2. The third-order valence-corrected chi connectivity index (χ3v) is 2.14. The second-order valence-electron chi connectivity index (χ2n) is 3.75. The zero-order valence-electron chi connectivity index (χ0n) is 8.28. The highest BCUT2D eigenvalue weighted by atomic mass is 16.3. The molecule has 5 N–H and O–H groups in total. The highest BCUT2D eigenvalue weighted by Gasteiger charge is 2.27.